The molecule has 0 spiro atoms. The van der Waals surface area contributed by atoms with Crippen molar-refractivity contribution in [3.63, 3.8) is 0 Å². The summed E-state index contributed by atoms with van der Waals surface area (Å²) >= 11 is 0. The molecule has 0 saturated heterocycles. The summed E-state index contributed by atoms with van der Waals surface area (Å²) in [7, 11) is 0. The minimum Gasteiger partial charge on any atom is -0.303 e. The number of carbonyl (C=O) groups is 1. The van der Waals surface area contributed by atoms with Crippen molar-refractivity contribution in [2.45, 2.75) is 12.3 Å². The highest BCUT2D eigenvalue weighted by atomic mass is 16.1. The Kier molecular flexibility index (Phi) is 2.34. The van der Waals surface area contributed by atoms with Gasteiger partial charge in [-0.3, -0.25) is 0 Å². The molecule has 94 valence electrons. The predicted octanol–water partition coefficient (Wildman–Crippen LogP) is 3.94. The predicted molar refractivity (Wildman–Crippen MR) is 77.0 cm³/mol. The number of allylic oxidation sites excluding steroid dienone is 2. The third kappa shape index (κ3) is 1.58. The quantitative estimate of drug-likeness (QED) is 0.581. The van der Waals surface area contributed by atoms with E-state index in [0.717, 1.165) is 6.42 Å². The molecular weight excluding hydrogens is 232 g/mol. The van der Waals surface area contributed by atoms with Crippen LogP contribution in [0, 0.1) is 17.8 Å². The van der Waals surface area contributed by atoms with Gasteiger partial charge in [-0.25, -0.2) is 0 Å². The molecule has 0 aliphatic heterocycles. The van der Waals surface area contributed by atoms with E-state index >= 15 is 0 Å². The fraction of sp³-hybridized carbons (Fsp3) is 0.278. The topological polar surface area (TPSA) is 17.1 Å². The number of carbonyl (C=O) groups excluding carboxylic acids is 1. The van der Waals surface area contributed by atoms with E-state index < -0.39 is 0 Å². The summed E-state index contributed by atoms with van der Waals surface area (Å²) in [6.07, 6.45) is 6.88. The van der Waals surface area contributed by atoms with E-state index in [4.69, 9.17) is 0 Å². The largest absolute Gasteiger partial charge is 0.303 e. The van der Waals surface area contributed by atoms with Crippen LogP contribution in [0.25, 0.3) is 10.8 Å². The number of fused-ring (bicyclic) bond motifs is 3. The highest BCUT2D eigenvalue weighted by molar-refractivity contribution is 5.83. The third-order valence-electron chi connectivity index (χ3n) is 4.84. The standard InChI is InChI=1S/C18H16O/c19-11-17-14-6-8-16(10-14)18(17)15-7-5-12-3-1-2-4-13(12)9-15/h1-9,11,14,16-18H,10H2/t14-,16+,17+,18+/m1/s1. The van der Waals surface area contributed by atoms with Crippen LogP contribution in [0.4, 0.5) is 0 Å². The first-order valence-corrected chi connectivity index (χ1v) is 6.99. The lowest BCUT2D eigenvalue weighted by Crippen LogP contribution is -2.18. The summed E-state index contributed by atoms with van der Waals surface area (Å²) in [6, 6.07) is 15.1. The van der Waals surface area contributed by atoms with Gasteiger partial charge in [0.25, 0.3) is 0 Å². The van der Waals surface area contributed by atoms with Crippen molar-refractivity contribution in [3.8, 4) is 0 Å². The van der Waals surface area contributed by atoms with E-state index in [1.807, 2.05) is 0 Å². The summed E-state index contributed by atoms with van der Waals surface area (Å²) in [5.41, 5.74) is 1.33. The zero-order chi connectivity index (χ0) is 12.8. The summed E-state index contributed by atoms with van der Waals surface area (Å²) in [4.78, 5) is 11.4. The second kappa shape index (κ2) is 4.06. The molecule has 0 amide bonds. The summed E-state index contributed by atoms with van der Waals surface area (Å²) in [5.74, 6) is 1.59. The van der Waals surface area contributed by atoms with Crippen LogP contribution >= 0.6 is 0 Å². The molecule has 1 fully saturated rings. The van der Waals surface area contributed by atoms with Gasteiger partial charge in [0.05, 0.1) is 0 Å². The minimum absolute atomic E-state index is 0.177. The van der Waals surface area contributed by atoms with Crippen LogP contribution in [0.5, 0.6) is 0 Å². The first-order valence-electron chi connectivity index (χ1n) is 6.99. The number of hydrogen-bond acceptors (Lipinski definition) is 1. The lowest BCUT2D eigenvalue weighted by atomic mass is 9.79. The van der Waals surface area contributed by atoms with Crippen LogP contribution in [0.15, 0.2) is 54.6 Å². The number of benzene rings is 2. The van der Waals surface area contributed by atoms with Gasteiger partial charge in [0.2, 0.25) is 0 Å². The smallest absolute Gasteiger partial charge is 0.124 e. The average molecular weight is 248 g/mol. The van der Waals surface area contributed by atoms with Crippen LogP contribution in [0.3, 0.4) is 0 Å². The molecule has 2 aromatic carbocycles. The summed E-state index contributed by atoms with van der Waals surface area (Å²) in [5, 5.41) is 2.55. The molecule has 1 saturated carbocycles. The molecular formula is C18H16O. The second-order valence-electron chi connectivity index (χ2n) is 5.79. The molecule has 19 heavy (non-hydrogen) atoms. The third-order valence-corrected chi connectivity index (χ3v) is 4.84. The van der Waals surface area contributed by atoms with Crippen LogP contribution in [-0.4, -0.2) is 6.29 Å². The monoisotopic (exact) mass is 248 g/mol. The van der Waals surface area contributed by atoms with Crippen LogP contribution in [0.1, 0.15) is 17.9 Å². The van der Waals surface area contributed by atoms with Crippen molar-refractivity contribution >= 4 is 17.1 Å². The van der Waals surface area contributed by atoms with Gasteiger partial charge in [-0.1, -0.05) is 54.6 Å². The van der Waals surface area contributed by atoms with Gasteiger partial charge in [-0.05, 0) is 34.6 Å². The van der Waals surface area contributed by atoms with Gasteiger partial charge in [-0.2, -0.15) is 0 Å². The molecule has 0 unspecified atom stereocenters. The zero-order valence-electron chi connectivity index (χ0n) is 10.7. The maximum atomic E-state index is 11.4. The van der Waals surface area contributed by atoms with Gasteiger partial charge >= 0.3 is 0 Å². The van der Waals surface area contributed by atoms with Crippen molar-refractivity contribution in [2.24, 2.45) is 17.8 Å². The molecule has 4 atom stereocenters. The molecule has 1 heteroatoms. The van der Waals surface area contributed by atoms with Gasteiger partial charge in [0, 0.05) is 11.8 Å². The van der Waals surface area contributed by atoms with Crippen molar-refractivity contribution in [1.82, 2.24) is 0 Å². The lowest BCUT2D eigenvalue weighted by Gasteiger charge is -2.24. The van der Waals surface area contributed by atoms with E-state index in [0.29, 0.717) is 17.8 Å². The minimum atomic E-state index is 0.177. The fourth-order valence-electron chi connectivity index (χ4n) is 3.93. The Morgan fingerprint density at radius 3 is 2.58 bits per heavy atom. The molecule has 0 radical (unpaired) electrons. The zero-order valence-corrected chi connectivity index (χ0v) is 10.7. The van der Waals surface area contributed by atoms with E-state index in [2.05, 4.69) is 54.6 Å². The average Bonchev–Trinajstić information content (AvgIpc) is 3.07. The Labute approximate surface area is 112 Å². The van der Waals surface area contributed by atoms with Crippen molar-refractivity contribution in [2.75, 3.05) is 0 Å². The van der Waals surface area contributed by atoms with Gasteiger partial charge in [0.15, 0.2) is 0 Å². The first kappa shape index (κ1) is 11.0. The molecule has 2 aromatic rings. The fourth-order valence-corrected chi connectivity index (χ4v) is 3.93. The summed E-state index contributed by atoms with van der Waals surface area (Å²) in [6.45, 7) is 0. The summed E-state index contributed by atoms with van der Waals surface area (Å²) < 4.78 is 0. The van der Waals surface area contributed by atoms with E-state index in [1.165, 1.54) is 22.6 Å². The van der Waals surface area contributed by atoms with Crippen molar-refractivity contribution in [3.05, 3.63) is 60.2 Å². The van der Waals surface area contributed by atoms with Crippen LogP contribution in [-0.2, 0) is 4.79 Å². The van der Waals surface area contributed by atoms with Gasteiger partial charge in [0.1, 0.15) is 6.29 Å². The lowest BCUT2D eigenvalue weighted by molar-refractivity contribution is -0.112. The van der Waals surface area contributed by atoms with Gasteiger partial charge in [-0.15, -0.1) is 0 Å². The van der Waals surface area contributed by atoms with E-state index in [1.54, 1.807) is 0 Å². The molecule has 2 aliphatic carbocycles. The van der Waals surface area contributed by atoms with Crippen molar-refractivity contribution < 1.29 is 4.79 Å². The highest BCUT2D eigenvalue weighted by Crippen LogP contribution is 2.52. The normalized spacial score (nSPS) is 32.0. The van der Waals surface area contributed by atoms with Gasteiger partial charge < -0.3 is 4.79 Å². The Morgan fingerprint density at radius 1 is 0.947 bits per heavy atom. The van der Waals surface area contributed by atoms with E-state index in [-0.39, 0.29) is 5.92 Å². The molecule has 2 bridgehead atoms. The maximum Gasteiger partial charge on any atom is 0.124 e. The highest BCUT2D eigenvalue weighted by Gasteiger charge is 2.44. The van der Waals surface area contributed by atoms with Crippen molar-refractivity contribution in [1.29, 1.82) is 0 Å². The second-order valence-corrected chi connectivity index (χ2v) is 5.79. The molecule has 2 aliphatic rings. The first-order chi connectivity index (χ1) is 9.36. The molecule has 0 heterocycles. The number of aldehydes is 1. The van der Waals surface area contributed by atoms with E-state index in [9.17, 15) is 4.79 Å². The molecule has 1 nitrogen and oxygen atoms in total. The maximum absolute atomic E-state index is 11.4. The Morgan fingerprint density at radius 2 is 1.74 bits per heavy atom. The SMILES string of the molecule is O=C[C@@H]1[C@@H](c2ccc3ccccc3c2)[C@H]2C=C[C@@H]1C2. The number of rotatable bonds is 2. The molecule has 0 aromatic heterocycles. The van der Waals surface area contributed by atoms with Crippen LogP contribution in [0.2, 0.25) is 0 Å². The van der Waals surface area contributed by atoms with Crippen LogP contribution < -0.4 is 0 Å². The Bertz CT molecular complexity index is 670. The Balaban J connectivity index is 1.81. The molecule has 0 N–H and O–H groups in total. The molecule has 4 rings (SSSR count). The number of hydrogen-bond donors (Lipinski definition) is 0. The Hall–Kier alpha value is -1.89.